The molecule has 1 aromatic rings. The number of nitrogens with zero attached hydrogens (tertiary/aromatic N) is 2. The minimum absolute atomic E-state index is 0.0197. The molecule has 9 heteroatoms. The van der Waals surface area contributed by atoms with Crippen molar-refractivity contribution in [1.29, 1.82) is 0 Å². The first-order valence-corrected chi connectivity index (χ1v) is 14.6. The van der Waals surface area contributed by atoms with E-state index < -0.39 is 22.8 Å². The van der Waals surface area contributed by atoms with E-state index in [1.54, 1.807) is 20.8 Å². The van der Waals surface area contributed by atoms with Crippen molar-refractivity contribution in [3.05, 3.63) is 35.9 Å². The monoisotopic (exact) mass is 560 g/mol. The molecule has 3 N–H and O–H groups in total. The van der Waals surface area contributed by atoms with Crippen molar-refractivity contribution in [2.45, 2.75) is 91.9 Å². The number of rotatable bonds is 14. The lowest BCUT2D eigenvalue weighted by atomic mass is 9.88. The van der Waals surface area contributed by atoms with Crippen LogP contribution in [-0.2, 0) is 20.7 Å². The fourth-order valence-electron chi connectivity index (χ4n) is 4.84. The molecule has 1 aliphatic rings. The molecule has 0 bridgehead atoms. The molecule has 9 nitrogen and oxygen atoms in total. The molecule has 0 spiro atoms. The molecular weight excluding hydrogens is 508 g/mol. The van der Waals surface area contributed by atoms with Crippen molar-refractivity contribution in [2.24, 2.45) is 11.3 Å². The van der Waals surface area contributed by atoms with Crippen molar-refractivity contribution < 1.29 is 24.2 Å². The van der Waals surface area contributed by atoms with Crippen molar-refractivity contribution in [1.82, 2.24) is 20.4 Å². The Morgan fingerprint density at radius 2 is 1.62 bits per heavy atom. The van der Waals surface area contributed by atoms with Crippen LogP contribution in [0.5, 0.6) is 0 Å². The van der Waals surface area contributed by atoms with E-state index in [4.69, 9.17) is 4.74 Å². The van der Waals surface area contributed by atoms with Gasteiger partial charge in [-0.2, -0.15) is 0 Å². The summed E-state index contributed by atoms with van der Waals surface area (Å²) < 4.78 is 5.67. The van der Waals surface area contributed by atoms with Crippen molar-refractivity contribution in [3.63, 3.8) is 0 Å². The van der Waals surface area contributed by atoms with Gasteiger partial charge in [-0.1, -0.05) is 58.0 Å². The SMILES string of the molecule is CC(C)CN(C(=O)OC(C)(C)C)C(O)(CCNC(=O)CC(C)(C)CNC(=O)CN1CCCC1)Cc1ccccc1. The zero-order chi connectivity index (χ0) is 30.0. The molecule has 1 saturated heterocycles. The molecule has 1 aromatic carbocycles. The number of ether oxygens (including phenoxy) is 1. The third-order valence-corrected chi connectivity index (χ3v) is 6.81. The number of hydrogen-bond donors (Lipinski definition) is 3. The van der Waals surface area contributed by atoms with Crippen LogP contribution in [0.2, 0.25) is 0 Å². The van der Waals surface area contributed by atoms with E-state index in [9.17, 15) is 19.5 Å². The molecule has 0 aromatic heterocycles. The predicted molar refractivity (Wildman–Crippen MR) is 158 cm³/mol. The lowest BCUT2D eigenvalue weighted by Gasteiger charge is -2.41. The number of benzene rings is 1. The maximum Gasteiger partial charge on any atom is 0.412 e. The van der Waals surface area contributed by atoms with Crippen LogP contribution in [0.3, 0.4) is 0 Å². The van der Waals surface area contributed by atoms with Gasteiger partial charge < -0.3 is 20.5 Å². The molecular formula is C31H52N4O5. The minimum atomic E-state index is -1.57. The molecule has 1 atom stereocenters. The highest BCUT2D eigenvalue weighted by molar-refractivity contribution is 5.79. The second-order valence-corrected chi connectivity index (χ2v) is 13.3. The Morgan fingerprint density at radius 3 is 2.20 bits per heavy atom. The summed E-state index contributed by atoms with van der Waals surface area (Å²) in [5.74, 6) is -0.104. The Bertz CT molecular complexity index is 954. The Balaban J connectivity index is 2.03. The van der Waals surface area contributed by atoms with Gasteiger partial charge in [0, 0.05) is 38.9 Å². The van der Waals surface area contributed by atoms with Crippen molar-refractivity contribution in [2.75, 3.05) is 39.3 Å². The Kier molecular flexibility index (Phi) is 12.4. The van der Waals surface area contributed by atoms with Crippen LogP contribution in [0, 0.1) is 11.3 Å². The maximum atomic E-state index is 13.3. The second kappa shape index (κ2) is 14.8. The van der Waals surface area contributed by atoms with Crippen LogP contribution < -0.4 is 10.6 Å². The summed E-state index contributed by atoms with van der Waals surface area (Å²) in [5, 5.41) is 17.9. The van der Waals surface area contributed by atoms with Gasteiger partial charge in [0.1, 0.15) is 11.3 Å². The standard InChI is InChI=1S/C31H52N4O5/c1-24(2)21-35(28(38)40-29(3,4)5)31(39,19-25-13-9-8-10-14-25)15-16-32-26(36)20-30(6,7)23-33-27(37)22-34-17-11-12-18-34/h8-10,13-14,24,39H,11-12,15-23H2,1-7H3,(H,32,36)(H,33,37). The van der Waals surface area contributed by atoms with E-state index in [0.29, 0.717) is 19.6 Å². The Labute approximate surface area is 241 Å². The zero-order valence-electron chi connectivity index (χ0n) is 25.7. The van der Waals surface area contributed by atoms with Crippen LogP contribution >= 0.6 is 0 Å². The van der Waals surface area contributed by atoms with Crippen LogP contribution in [0.25, 0.3) is 0 Å². The van der Waals surface area contributed by atoms with Crippen LogP contribution in [0.1, 0.15) is 79.7 Å². The van der Waals surface area contributed by atoms with E-state index in [-0.39, 0.29) is 43.5 Å². The molecule has 2 rings (SSSR count). The molecule has 0 saturated carbocycles. The number of likely N-dealkylation sites (tertiary alicyclic amines) is 1. The molecule has 0 aliphatic carbocycles. The Morgan fingerprint density at radius 1 is 1.00 bits per heavy atom. The van der Waals surface area contributed by atoms with Gasteiger partial charge in [-0.3, -0.25) is 19.4 Å². The van der Waals surface area contributed by atoms with E-state index in [1.807, 2.05) is 58.0 Å². The average Bonchev–Trinajstić information content (AvgIpc) is 3.33. The molecule has 1 heterocycles. The second-order valence-electron chi connectivity index (χ2n) is 13.3. The molecule has 1 fully saturated rings. The number of carbonyl (C=O) groups excluding carboxylic acids is 3. The van der Waals surface area contributed by atoms with Gasteiger partial charge in [-0.05, 0) is 63.6 Å². The molecule has 0 radical (unpaired) electrons. The third kappa shape index (κ3) is 12.3. The van der Waals surface area contributed by atoms with Gasteiger partial charge in [-0.25, -0.2) is 4.79 Å². The third-order valence-electron chi connectivity index (χ3n) is 6.81. The van der Waals surface area contributed by atoms with Gasteiger partial charge >= 0.3 is 6.09 Å². The maximum absolute atomic E-state index is 13.3. The van der Waals surface area contributed by atoms with Gasteiger partial charge in [0.15, 0.2) is 0 Å². The summed E-state index contributed by atoms with van der Waals surface area (Å²) >= 11 is 0. The van der Waals surface area contributed by atoms with E-state index in [2.05, 4.69) is 15.5 Å². The van der Waals surface area contributed by atoms with Crippen molar-refractivity contribution >= 4 is 17.9 Å². The zero-order valence-corrected chi connectivity index (χ0v) is 25.7. The van der Waals surface area contributed by atoms with Gasteiger partial charge in [0.25, 0.3) is 0 Å². The van der Waals surface area contributed by atoms with Gasteiger partial charge in [0.2, 0.25) is 11.8 Å². The van der Waals surface area contributed by atoms with Gasteiger partial charge in [0.05, 0.1) is 6.54 Å². The number of carbonyl (C=O) groups is 3. The summed E-state index contributed by atoms with van der Waals surface area (Å²) in [7, 11) is 0. The topological polar surface area (TPSA) is 111 Å². The smallest absolute Gasteiger partial charge is 0.412 e. The predicted octanol–water partition coefficient (Wildman–Crippen LogP) is 3.95. The Hall–Kier alpha value is -2.65. The lowest BCUT2D eigenvalue weighted by Crippen LogP contribution is -2.57. The fraction of sp³-hybridized carbons (Fsp3) is 0.710. The van der Waals surface area contributed by atoms with Crippen molar-refractivity contribution in [3.8, 4) is 0 Å². The number of nitrogens with one attached hydrogen (secondary N) is 2. The lowest BCUT2D eigenvalue weighted by molar-refractivity contribution is -0.127. The molecule has 1 unspecified atom stereocenters. The first kappa shape index (κ1) is 33.6. The first-order valence-electron chi connectivity index (χ1n) is 14.6. The summed E-state index contributed by atoms with van der Waals surface area (Å²) in [6, 6.07) is 9.51. The van der Waals surface area contributed by atoms with Crippen LogP contribution in [0.4, 0.5) is 4.79 Å². The number of aliphatic hydroxyl groups is 1. The minimum Gasteiger partial charge on any atom is -0.444 e. The van der Waals surface area contributed by atoms with E-state index in [1.165, 1.54) is 4.90 Å². The highest BCUT2D eigenvalue weighted by Gasteiger charge is 2.40. The van der Waals surface area contributed by atoms with Crippen LogP contribution in [0.15, 0.2) is 30.3 Å². The summed E-state index contributed by atoms with van der Waals surface area (Å²) in [4.78, 5) is 42.0. The highest BCUT2D eigenvalue weighted by atomic mass is 16.6. The van der Waals surface area contributed by atoms with E-state index >= 15 is 0 Å². The molecule has 226 valence electrons. The average molecular weight is 561 g/mol. The molecule has 1 aliphatic heterocycles. The molecule has 3 amide bonds. The van der Waals surface area contributed by atoms with E-state index in [0.717, 1.165) is 31.5 Å². The first-order chi connectivity index (χ1) is 18.6. The summed E-state index contributed by atoms with van der Waals surface area (Å²) in [5.41, 5.74) is -1.85. The largest absolute Gasteiger partial charge is 0.444 e. The fourth-order valence-corrected chi connectivity index (χ4v) is 4.84. The number of amides is 3. The quantitative estimate of drug-likeness (QED) is 0.297. The summed E-state index contributed by atoms with van der Waals surface area (Å²) in [6.07, 6.45) is 2.22. The number of hydrogen-bond acceptors (Lipinski definition) is 6. The normalized spacial score (nSPS) is 15.9. The summed E-state index contributed by atoms with van der Waals surface area (Å²) in [6.45, 7) is 16.4. The van der Waals surface area contributed by atoms with Crippen LogP contribution in [-0.4, -0.2) is 83.4 Å². The molecule has 40 heavy (non-hydrogen) atoms. The highest BCUT2D eigenvalue weighted by Crippen LogP contribution is 2.26. The van der Waals surface area contributed by atoms with Gasteiger partial charge in [-0.15, -0.1) is 0 Å².